The first kappa shape index (κ1) is 50.7. The normalized spacial score (nSPS) is 13.7. The highest BCUT2D eigenvalue weighted by Crippen LogP contribution is 2.51. The summed E-state index contributed by atoms with van der Waals surface area (Å²) in [6.07, 6.45) is 0. The van der Waals surface area contributed by atoms with Gasteiger partial charge in [-0.15, -0.1) is 0 Å². The van der Waals surface area contributed by atoms with Crippen LogP contribution < -0.4 is 26.2 Å². The van der Waals surface area contributed by atoms with Crippen molar-refractivity contribution in [3.63, 3.8) is 0 Å². The van der Waals surface area contributed by atoms with E-state index < -0.39 is 0 Å². The molecule has 0 radical (unpaired) electrons. The molecule has 0 saturated carbocycles. The quantitative estimate of drug-likeness (QED) is 0.164. The summed E-state index contributed by atoms with van der Waals surface area (Å²) in [6.45, 7) is 37.4. The number of aromatic nitrogens is 1. The molecule has 394 valence electrons. The Hall–Kier alpha value is -7.76. The van der Waals surface area contributed by atoms with Crippen molar-refractivity contribution in [1.82, 2.24) is 4.57 Å². The van der Waals surface area contributed by atoms with E-state index in [1.807, 2.05) is 0 Å². The maximum Gasteiger partial charge on any atom is 0.252 e. The topological polar surface area (TPSA) is 24.6 Å². The van der Waals surface area contributed by atoms with Crippen molar-refractivity contribution in [3.05, 3.63) is 202 Å². The second kappa shape index (κ2) is 17.4. The lowest BCUT2D eigenvalue weighted by Gasteiger charge is -2.46. The molecule has 2 aliphatic rings. The zero-order valence-electron chi connectivity index (χ0n) is 49.3. The highest BCUT2D eigenvalue weighted by molar-refractivity contribution is 7.00. The molecule has 2 aliphatic heterocycles. The summed E-state index contributed by atoms with van der Waals surface area (Å²) in [5, 5.41) is 4.82. The summed E-state index contributed by atoms with van der Waals surface area (Å²) in [7, 11) is 0. The van der Waals surface area contributed by atoms with Gasteiger partial charge in [0.15, 0.2) is 0 Å². The van der Waals surface area contributed by atoms with Crippen LogP contribution in [0.4, 0.5) is 34.1 Å². The number of para-hydroxylation sites is 3. The number of fused-ring (bicyclic) bond motifs is 10. The fourth-order valence-electron chi connectivity index (χ4n) is 13.4. The van der Waals surface area contributed by atoms with Crippen LogP contribution in [0, 0.1) is 27.7 Å². The third-order valence-electron chi connectivity index (χ3n) is 17.6. The molecule has 2 aromatic heterocycles. The summed E-state index contributed by atoms with van der Waals surface area (Å²) in [4.78, 5) is 5.35. The second-order valence-electron chi connectivity index (χ2n) is 27.3. The van der Waals surface area contributed by atoms with E-state index in [-0.39, 0.29) is 28.4 Å². The zero-order chi connectivity index (χ0) is 55.6. The Kier molecular flexibility index (Phi) is 11.2. The van der Waals surface area contributed by atoms with E-state index >= 15 is 0 Å². The van der Waals surface area contributed by atoms with Gasteiger partial charge in [0.25, 0.3) is 6.71 Å². The van der Waals surface area contributed by atoms with E-state index in [1.165, 1.54) is 117 Å². The molecule has 11 aromatic rings. The highest BCUT2D eigenvalue weighted by atomic mass is 16.3. The van der Waals surface area contributed by atoms with Crippen molar-refractivity contribution < 1.29 is 4.42 Å². The second-order valence-corrected chi connectivity index (χ2v) is 27.3. The fourth-order valence-corrected chi connectivity index (χ4v) is 13.4. The first-order chi connectivity index (χ1) is 37.4. The van der Waals surface area contributed by atoms with Crippen molar-refractivity contribution in [1.29, 1.82) is 0 Å². The predicted octanol–water partition coefficient (Wildman–Crippen LogP) is 18.9. The van der Waals surface area contributed by atoms with Crippen LogP contribution in [0.3, 0.4) is 0 Å². The third kappa shape index (κ3) is 7.92. The Bertz CT molecular complexity index is 4300. The van der Waals surface area contributed by atoms with E-state index in [1.54, 1.807) is 0 Å². The van der Waals surface area contributed by atoms with E-state index in [0.29, 0.717) is 0 Å². The molecule has 4 heterocycles. The number of furan rings is 1. The molecule has 0 spiro atoms. The number of aryl methyl sites for hydroxylation is 4. The predicted molar refractivity (Wildman–Crippen MR) is 341 cm³/mol. The van der Waals surface area contributed by atoms with Crippen molar-refractivity contribution in [2.75, 3.05) is 9.80 Å². The van der Waals surface area contributed by atoms with Gasteiger partial charge in [0.05, 0.1) is 22.4 Å². The van der Waals surface area contributed by atoms with Crippen molar-refractivity contribution in [3.8, 4) is 16.8 Å². The maximum atomic E-state index is 6.68. The Morgan fingerprint density at radius 2 is 0.899 bits per heavy atom. The van der Waals surface area contributed by atoms with Crippen LogP contribution in [0.25, 0.3) is 60.6 Å². The molecule has 5 heteroatoms. The highest BCUT2D eigenvalue weighted by Gasteiger charge is 2.46. The molecule has 0 bridgehead atoms. The minimum Gasteiger partial charge on any atom is -0.455 e. The number of rotatable bonds is 4. The summed E-state index contributed by atoms with van der Waals surface area (Å²) in [6, 6.07) is 60.6. The Morgan fingerprint density at radius 1 is 0.380 bits per heavy atom. The molecule has 0 aliphatic carbocycles. The van der Waals surface area contributed by atoms with Crippen molar-refractivity contribution in [2.24, 2.45) is 0 Å². The zero-order valence-corrected chi connectivity index (χ0v) is 49.3. The van der Waals surface area contributed by atoms with Gasteiger partial charge in [-0.1, -0.05) is 180 Å². The molecule has 0 N–H and O–H groups in total. The first-order valence-electron chi connectivity index (χ1n) is 28.6. The average Bonchev–Trinajstić information content (AvgIpc) is 2.66. The van der Waals surface area contributed by atoms with E-state index in [0.717, 1.165) is 38.8 Å². The SMILES string of the molecule is Cc1cc(-c2cccc3c2oc2ccccc23)cc(C)c1N1c2ccc(C(C)(C)C)cc2B2c3cc4c5ccc(C(C)(C)C)cc5n(-c5ccccc5)c4cc3N(c3c(C)cc(C(C)(C)C)cc3C)c3cc(C(C)(C)C)cc1c32. The molecule has 0 atom stereocenters. The van der Waals surface area contributed by atoms with Crippen LogP contribution >= 0.6 is 0 Å². The van der Waals surface area contributed by atoms with E-state index in [2.05, 4.69) is 283 Å². The summed E-state index contributed by atoms with van der Waals surface area (Å²) >= 11 is 0. The summed E-state index contributed by atoms with van der Waals surface area (Å²) in [5.41, 5.74) is 29.1. The van der Waals surface area contributed by atoms with Gasteiger partial charge < -0.3 is 18.8 Å². The van der Waals surface area contributed by atoms with Crippen LogP contribution in [0.5, 0.6) is 0 Å². The van der Waals surface area contributed by atoms with Crippen molar-refractivity contribution in [2.45, 2.75) is 132 Å². The molecule has 4 nitrogen and oxygen atoms in total. The largest absolute Gasteiger partial charge is 0.455 e. The third-order valence-corrected chi connectivity index (χ3v) is 17.6. The van der Waals surface area contributed by atoms with Crippen LogP contribution in [0.1, 0.15) is 128 Å². The van der Waals surface area contributed by atoms with Crippen molar-refractivity contribution >= 4 is 101 Å². The van der Waals surface area contributed by atoms with Crippen LogP contribution in [-0.4, -0.2) is 11.3 Å². The monoisotopic (exact) mass is 1030 g/mol. The minimum absolute atomic E-state index is 0.0161. The van der Waals surface area contributed by atoms with Gasteiger partial charge in [-0.2, -0.15) is 0 Å². The van der Waals surface area contributed by atoms with Crippen LogP contribution in [0.2, 0.25) is 0 Å². The Morgan fingerprint density at radius 3 is 1.53 bits per heavy atom. The fraction of sp³-hybridized carbons (Fsp3) is 0.270. The number of nitrogens with zero attached hydrogens (tertiary/aromatic N) is 3. The van der Waals surface area contributed by atoms with Gasteiger partial charge in [0.1, 0.15) is 11.2 Å². The van der Waals surface area contributed by atoms with Gasteiger partial charge in [-0.3, -0.25) is 0 Å². The molecule has 9 aromatic carbocycles. The first-order valence-corrected chi connectivity index (χ1v) is 28.6. The number of hydrogen-bond donors (Lipinski definition) is 0. The smallest absolute Gasteiger partial charge is 0.252 e. The molecule has 13 rings (SSSR count). The molecule has 0 amide bonds. The van der Waals surface area contributed by atoms with Crippen LogP contribution in [-0.2, 0) is 21.7 Å². The number of anilines is 6. The van der Waals surface area contributed by atoms with Gasteiger partial charge in [0.2, 0.25) is 0 Å². The van der Waals surface area contributed by atoms with Crippen LogP contribution in [0.15, 0.2) is 162 Å². The minimum atomic E-state index is -0.178. The summed E-state index contributed by atoms with van der Waals surface area (Å²) < 4.78 is 9.21. The van der Waals surface area contributed by atoms with E-state index in [9.17, 15) is 0 Å². The molecule has 0 saturated heterocycles. The molecule has 79 heavy (non-hydrogen) atoms. The average molecular weight is 1030 g/mol. The Labute approximate surface area is 468 Å². The number of hydrogen-bond acceptors (Lipinski definition) is 3. The van der Waals surface area contributed by atoms with Gasteiger partial charge in [-0.05, 0) is 176 Å². The lowest BCUT2D eigenvalue weighted by molar-refractivity contribution is 0.589. The lowest BCUT2D eigenvalue weighted by Crippen LogP contribution is -2.61. The molecule has 0 fully saturated rings. The van der Waals surface area contributed by atoms with Gasteiger partial charge in [0, 0.05) is 55.5 Å². The molecular formula is C74H74BN3O. The maximum absolute atomic E-state index is 6.68. The molecule has 0 unspecified atom stereocenters. The van der Waals surface area contributed by atoms with E-state index in [4.69, 9.17) is 4.42 Å². The summed E-state index contributed by atoms with van der Waals surface area (Å²) in [5.74, 6) is 0. The lowest BCUT2D eigenvalue weighted by atomic mass is 9.33. The Balaban J connectivity index is 1.16. The van der Waals surface area contributed by atoms with Gasteiger partial charge >= 0.3 is 0 Å². The standard InChI is InChI=1S/C74H74BN3O/c1-43-33-47(53-26-22-27-56-55-25-20-21-28-66(55)79-70(53)56)34-44(2)68(43)77-60-32-30-48(71(5,6)7)37-58(60)75-59-41-57-54-31-29-49(72(8,9)10)38-61(54)76(52-23-18-17-19-24-52)62(57)42-63(59)78(65-40-51(74(14,15)16)39-64(77)67(65)75)69-45(3)35-50(36-46(69)4)73(11,12)13/h17-42H,1-16H3. The molecular weight excluding hydrogens is 958 g/mol. The van der Waals surface area contributed by atoms with Gasteiger partial charge in [-0.25, -0.2) is 0 Å². The number of benzene rings is 9.